The zero-order valence-corrected chi connectivity index (χ0v) is 16.4. The molecule has 0 bridgehead atoms. The number of halogens is 2. The van der Waals surface area contributed by atoms with Crippen molar-refractivity contribution in [3.8, 4) is 11.5 Å². The Kier molecular flexibility index (Phi) is 9.32. The lowest BCUT2D eigenvalue weighted by Gasteiger charge is -2.11. The van der Waals surface area contributed by atoms with Gasteiger partial charge in [-0.1, -0.05) is 30.3 Å². The van der Waals surface area contributed by atoms with Crippen molar-refractivity contribution in [3.05, 3.63) is 59.2 Å². The van der Waals surface area contributed by atoms with Crippen LogP contribution in [0.1, 0.15) is 11.3 Å². The van der Waals surface area contributed by atoms with Crippen LogP contribution in [0.3, 0.4) is 0 Å². The SMILES string of the molecule is Cl.Cl.NCc1ccc(-c2csc(/N=C/N(N)CCc3ccccc3)n2)o1. The first-order chi connectivity index (χ1) is 11.7. The van der Waals surface area contributed by atoms with Gasteiger partial charge in [-0.3, -0.25) is 0 Å². The second-order valence-corrected chi connectivity index (χ2v) is 6.04. The van der Waals surface area contributed by atoms with E-state index in [1.54, 1.807) is 11.3 Å². The van der Waals surface area contributed by atoms with E-state index in [2.05, 4.69) is 22.1 Å². The molecule has 0 saturated carbocycles. The van der Waals surface area contributed by atoms with Gasteiger partial charge in [0, 0.05) is 11.9 Å². The summed E-state index contributed by atoms with van der Waals surface area (Å²) in [5, 5.41) is 4.09. The van der Waals surface area contributed by atoms with Crippen LogP contribution in [0.15, 0.2) is 57.3 Å². The summed E-state index contributed by atoms with van der Waals surface area (Å²) in [6, 6.07) is 13.9. The van der Waals surface area contributed by atoms with E-state index in [0.29, 0.717) is 24.0 Å². The Morgan fingerprint density at radius 2 is 1.92 bits per heavy atom. The van der Waals surface area contributed by atoms with E-state index in [1.165, 1.54) is 16.9 Å². The van der Waals surface area contributed by atoms with E-state index < -0.39 is 0 Å². The minimum absolute atomic E-state index is 0. The summed E-state index contributed by atoms with van der Waals surface area (Å²) in [6.07, 6.45) is 2.46. The van der Waals surface area contributed by atoms with Gasteiger partial charge in [-0.25, -0.2) is 15.8 Å². The molecule has 0 aliphatic rings. The summed E-state index contributed by atoms with van der Waals surface area (Å²) in [7, 11) is 0. The maximum Gasteiger partial charge on any atom is 0.211 e. The van der Waals surface area contributed by atoms with Crippen LogP contribution in [0.25, 0.3) is 11.5 Å². The molecule has 9 heteroatoms. The Bertz CT molecular complexity index is 806. The maximum absolute atomic E-state index is 5.94. The van der Waals surface area contributed by atoms with Crippen molar-refractivity contribution in [3.63, 3.8) is 0 Å². The number of nitrogens with zero attached hydrogens (tertiary/aromatic N) is 3. The Morgan fingerprint density at radius 1 is 1.15 bits per heavy atom. The second-order valence-electron chi connectivity index (χ2n) is 5.20. The predicted molar refractivity (Wildman–Crippen MR) is 111 cm³/mol. The van der Waals surface area contributed by atoms with Crippen LogP contribution in [0, 0.1) is 0 Å². The van der Waals surface area contributed by atoms with Crippen LogP contribution >= 0.6 is 36.2 Å². The van der Waals surface area contributed by atoms with Crippen molar-refractivity contribution < 1.29 is 4.42 Å². The molecule has 0 spiro atoms. The van der Waals surface area contributed by atoms with Gasteiger partial charge >= 0.3 is 0 Å². The molecule has 0 saturated heterocycles. The second kappa shape index (κ2) is 10.9. The van der Waals surface area contributed by atoms with E-state index in [9.17, 15) is 0 Å². The van der Waals surface area contributed by atoms with Crippen molar-refractivity contribution in [2.24, 2.45) is 16.6 Å². The van der Waals surface area contributed by atoms with Gasteiger partial charge in [-0.2, -0.15) is 0 Å². The lowest BCUT2D eigenvalue weighted by atomic mass is 10.1. The van der Waals surface area contributed by atoms with E-state index in [-0.39, 0.29) is 24.8 Å². The number of benzene rings is 1. The van der Waals surface area contributed by atoms with Crippen molar-refractivity contribution in [2.75, 3.05) is 6.54 Å². The lowest BCUT2D eigenvalue weighted by Crippen LogP contribution is -2.31. The summed E-state index contributed by atoms with van der Waals surface area (Å²) in [5.74, 6) is 7.37. The van der Waals surface area contributed by atoms with Gasteiger partial charge in [0.1, 0.15) is 17.8 Å². The molecule has 0 aliphatic carbocycles. The zero-order chi connectivity index (χ0) is 16.8. The third-order valence-electron chi connectivity index (χ3n) is 3.43. The number of rotatable bonds is 7. The molecule has 4 N–H and O–H groups in total. The largest absolute Gasteiger partial charge is 0.458 e. The van der Waals surface area contributed by atoms with Gasteiger partial charge in [-0.05, 0) is 24.1 Å². The Labute approximate surface area is 168 Å². The van der Waals surface area contributed by atoms with Crippen LogP contribution in [0.2, 0.25) is 0 Å². The smallest absolute Gasteiger partial charge is 0.211 e. The minimum Gasteiger partial charge on any atom is -0.458 e. The third kappa shape index (κ3) is 6.12. The van der Waals surface area contributed by atoms with Crippen LogP contribution in [0.4, 0.5) is 5.13 Å². The van der Waals surface area contributed by atoms with Gasteiger partial charge in [-0.15, -0.1) is 36.2 Å². The molecule has 0 amide bonds. The molecule has 1 aromatic carbocycles. The number of hydrazine groups is 1. The quantitative estimate of drug-likeness (QED) is 0.266. The standard InChI is InChI=1S/C17H19N5OS.2ClH/c18-10-14-6-7-16(23-14)15-11-24-17(21-15)20-12-22(19)9-8-13-4-2-1-3-5-13;;/h1-7,11-12H,8-10,18-19H2;2*1H/b20-12+;;. The first-order valence-corrected chi connectivity index (χ1v) is 8.46. The highest BCUT2D eigenvalue weighted by molar-refractivity contribution is 7.13. The summed E-state index contributed by atoms with van der Waals surface area (Å²) in [5.41, 5.74) is 7.54. The van der Waals surface area contributed by atoms with Crippen LogP contribution < -0.4 is 11.6 Å². The third-order valence-corrected chi connectivity index (χ3v) is 4.17. The predicted octanol–water partition coefficient (Wildman–Crippen LogP) is 3.78. The monoisotopic (exact) mass is 413 g/mol. The highest BCUT2D eigenvalue weighted by atomic mass is 35.5. The molecule has 26 heavy (non-hydrogen) atoms. The fourth-order valence-electron chi connectivity index (χ4n) is 2.15. The molecule has 0 aliphatic heterocycles. The molecule has 3 aromatic rings. The Morgan fingerprint density at radius 3 is 2.62 bits per heavy atom. The molecule has 2 aromatic heterocycles. The van der Waals surface area contributed by atoms with Crippen molar-refractivity contribution in [1.82, 2.24) is 9.99 Å². The number of aromatic nitrogens is 1. The number of hydrogen-bond acceptors (Lipinski definition) is 6. The van der Waals surface area contributed by atoms with Gasteiger partial charge < -0.3 is 15.2 Å². The van der Waals surface area contributed by atoms with Crippen molar-refractivity contribution in [2.45, 2.75) is 13.0 Å². The van der Waals surface area contributed by atoms with E-state index in [4.69, 9.17) is 16.0 Å². The molecular weight excluding hydrogens is 393 g/mol. The Hall–Kier alpha value is -1.90. The number of furan rings is 1. The van der Waals surface area contributed by atoms with Gasteiger partial charge in [0.25, 0.3) is 0 Å². The molecule has 0 radical (unpaired) electrons. The first kappa shape index (κ1) is 22.1. The molecule has 6 nitrogen and oxygen atoms in total. The summed E-state index contributed by atoms with van der Waals surface area (Å²) < 4.78 is 5.58. The van der Waals surface area contributed by atoms with Gasteiger partial charge in [0.2, 0.25) is 5.13 Å². The average molecular weight is 414 g/mol. The van der Waals surface area contributed by atoms with E-state index >= 15 is 0 Å². The number of thiazole rings is 1. The van der Waals surface area contributed by atoms with Crippen molar-refractivity contribution >= 4 is 47.6 Å². The molecular formula is C17H21Cl2N5OS. The minimum atomic E-state index is 0. The van der Waals surface area contributed by atoms with Gasteiger partial charge in [0.15, 0.2) is 5.76 Å². The van der Waals surface area contributed by atoms with E-state index in [1.807, 2.05) is 35.7 Å². The molecule has 0 fully saturated rings. The van der Waals surface area contributed by atoms with E-state index in [0.717, 1.165) is 17.9 Å². The topological polar surface area (TPSA) is 93.7 Å². The highest BCUT2D eigenvalue weighted by Gasteiger charge is 2.08. The summed E-state index contributed by atoms with van der Waals surface area (Å²) in [6.45, 7) is 1.06. The van der Waals surface area contributed by atoms with Crippen LogP contribution in [-0.4, -0.2) is 22.9 Å². The number of hydrogen-bond donors (Lipinski definition) is 2. The zero-order valence-electron chi connectivity index (χ0n) is 13.9. The molecule has 0 unspecified atom stereocenters. The first-order valence-electron chi connectivity index (χ1n) is 7.59. The Balaban J connectivity index is 0.00000169. The normalized spacial score (nSPS) is 10.4. The van der Waals surface area contributed by atoms with Gasteiger partial charge in [0.05, 0.1) is 6.54 Å². The van der Waals surface area contributed by atoms with Crippen LogP contribution in [-0.2, 0) is 13.0 Å². The fourth-order valence-corrected chi connectivity index (χ4v) is 2.79. The molecule has 3 rings (SSSR count). The number of aliphatic imine (C=N–C) groups is 1. The summed E-state index contributed by atoms with van der Waals surface area (Å²) in [4.78, 5) is 8.73. The lowest BCUT2D eigenvalue weighted by molar-refractivity contribution is 0.457. The fraction of sp³-hybridized carbons (Fsp3) is 0.176. The maximum atomic E-state index is 5.94. The summed E-state index contributed by atoms with van der Waals surface area (Å²) >= 11 is 1.44. The number of nitrogens with two attached hydrogens (primary N) is 2. The highest BCUT2D eigenvalue weighted by Crippen LogP contribution is 2.27. The van der Waals surface area contributed by atoms with Crippen molar-refractivity contribution in [1.29, 1.82) is 0 Å². The average Bonchev–Trinajstić information content (AvgIpc) is 3.28. The van der Waals surface area contributed by atoms with Crippen LogP contribution in [0.5, 0.6) is 0 Å². The molecule has 140 valence electrons. The molecule has 2 heterocycles. The molecule has 0 atom stereocenters.